The number of benzene rings is 2. The third kappa shape index (κ3) is 11.6. The standard InChI is InChI=1S/C30H40O6/c1-29(2,3)35-27(31)26(28(32)36-30(4,5)6)25(17-19-33-21-23-13-9-7-10-14-23)18-20-34-22-24-15-11-8-12-16-24/h7-16H,17-22H2,1-6H3. The number of carbonyl (C=O) groups is 2. The molecule has 0 N–H and O–H groups in total. The van der Waals surface area contributed by atoms with Crippen LogP contribution in [0.5, 0.6) is 0 Å². The van der Waals surface area contributed by atoms with Crippen LogP contribution in [0, 0.1) is 0 Å². The molecule has 0 fully saturated rings. The topological polar surface area (TPSA) is 71.1 Å². The highest BCUT2D eigenvalue weighted by molar-refractivity contribution is 6.15. The minimum absolute atomic E-state index is 0.0773. The van der Waals surface area contributed by atoms with Gasteiger partial charge in [-0.3, -0.25) is 0 Å². The van der Waals surface area contributed by atoms with E-state index in [2.05, 4.69) is 0 Å². The Bertz CT molecular complexity index is 902. The number of hydrogen-bond donors (Lipinski definition) is 0. The zero-order chi connectivity index (χ0) is 26.6. The second kappa shape index (κ2) is 14.0. The van der Waals surface area contributed by atoms with E-state index in [0.29, 0.717) is 44.8 Å². The molecule has 6 nitrogen and oxygen atoms in total. The van der Waals surface area contributed by atoms with Crippen molar-refractivity contribution >= 4 is 11.9 Å². The van der Waals surface area contributed by atoms with Gasteiger partial charge in [-0.25, -0.2) is 9.59 Å². The van der Waals surface area contributed by atoms with Crippen molar-refractivity contribution < 1.29 is 28.5 Å². The highest BCUT2D eigenvalue weighted by atomic mass is 16.6. The van der Waals surface area contributed by atoms with Gasteiger partial charge < -0.3 is 18.9 Å². The van der Waals surface area contributed by atoms with Crippen LogP contribution in [-0.4, -0.2) is 36.4 Å². The van der Waals surface area contributed by atoms with Crippen molar-refractivity contribution in [3.05, 3.63) is 82.9 Å². The number of carbonyl (C=O) groups excluding carboxylic acids is 2. The van der Waals surface area contributed by atoms with Crippen LogP contribution in [0.2, 0.25) is 0 Å². The van der Waals surface area contributed by atoms with Crippen LogP contribution < -0.4 is 0 Å². The molecule has 0 aliphatic carbocycles. The van der Waals surface area contributed by atoms with E-state index in [-0.39, 0.29) is 5.57 Å². The molecule has 0 unspecified atom stereocenters. The molecule has 0 amide bonds. The van der Waals surface area contributed by atoms with Crippen molar-refractivity contribution in [2.45, 2.75) is 78.8 Å². The average Bonchev–Trinajstić information content (AvgIpc) is 2.78. The maximum absolute atomic E-state index is 13.2. The van der Waals surface area contributed by atoms with E-state index in [9.17, 15) is 9.59 Å². The minimum atomic E-state index is -0.761. The third-order valence-electron chi connectivity index (χ3n) is 4.88. The molecule has 2 aromatic carbocycles. The molecule has 196 valence electrons. The van der Waals surface area contributed by atoms with E-state index >= 15 is 0 Å². The van der Waals surface area contributed by atoms with Crippen molar-refractivity contribution in [1.29, 1.82) is 0 Å². The summed E-state index contributed by atoms with van der Waals surface area (Å²) in [7, 11) is 0. The summed E-state index contributed by atoms with van der Waals surface area (Å²) >= 11 is 0. The lowest BCUT2D eigenvalue weighted by molar-refractivity contribution is -0.158. The molecule has 0 aliphatic rings. The van der Waals surface area contributed by atoms with Gasteiger partial charge in [0, 0.05) is 0 Å². The lowest BCUT2D eigenvalue weighted by Gasteiger charge is -2.24. The van der Waals surface area contributed by atoms with E-state index in [1.807, 2.05) is 60.7 Å². The fourth-order valence-electron chi connectivity index (χ4n) is 3.32. The van der Waals surface area contributed by atoms with E-state index in [1.165, 1.54) is 0 Å². The molecule has 0 saturated carbocycles. The first kappa shape index (κ1) is 29.3. The number of esters is 2. The van der Waals surface area contributed by atoms with Gasteiger partial charge >= 0.3 is 11.9 Å². The summed E-state index contributed by atoms with van der Waals surface area (Å²) in [6.07, 6.45) is 0.741. The van der Waals surface area contributed by atoms with Crippen molar-refractivity contribution in [3.8, 4) is 0 Å². The molecule has 0 heterocycles. The molecule has 0 bridgehead atoms. The summed E-state index contributed by atoms with van der Waals surface area (Å²) in [5.74, 6) is -1.39. The van der Waals surface area contributed by atoms with Crippen LogP contribution >= 0.6 is 0 Å². The first-order valence-electron chi connectivity index (χ1n) is 12.4. The summed E-state index contributed by atoms with van der Waals surface area (Å²) in [5, 5.41) is 0. The van der Waals surface area contributed by atoms with Crippen LogP contribution in [0.4, 0.5) is 0 Å². The fraction of sp³-hybridized carbons (Fsp3) is 0.467. The third-order valence-corrected chi connectivity index (χ3v) is 4.88. The van der Waals surface area contributed by atoms with Gasteiger partial charge in [0.2, 0.25) is 0 Å². The average molecular weight is 497 g/mol. The highest BCUT2D eigenvalue weighted by Crippen LogP contribution is 2.23. The summed E-state index contributed by atoms with van der Waals surface area (Å²) in [6, 6.07) is 19.7. The van der Waals surface area contributed by atoms with E-state index in [1.54, 1.807) is 41.5 Å². The lowest BCUT2D eigenvalue weighted by atomic mass is 10.0. The van der Waals surface area contributed by atoms with Crippen LogP contribution in [-0.2, 0) is 41.8 Å². The molecule has 2 aromatic rings. The van der Waals surface area contributed by atoms with Gasteiger partial charge in [-0.15, -0.1) is 0 Å². The van der Waals surface area contributed by atoms with Gasteiger partial charge in [0.1, 0.15) is 16.8 Å². The van der Waals surface area contributed by atoms with Crippen LogP contribution in [0.3, 0.4) is 0 Å². The van der Waals surface area contributed by atoms with Crippen LogP contribution in [0.15, 0.2) is 71.8 Å². The second-order valence-electron chi connectivity index (χ2n) is 10.6. The van der Waals surface area contributed by atoms with Gasteiger partial charge in [-0.1, -0.05) is 60.7 Å². The summed E-state index contributed by atoms with van der Waals surface area (Å²) in [4.78, 5) is 26.3. The SMILES string of the molecule is CC(C)(C)OC(=O)C(C(=O)OC(C)(C)C)=C(CCOCc1ccccc1)CCOCc1ccccc1. The quantitative estimate of drug-likeness (QED) is 0.115. The summed E-state index contributed by atoms with van der Waals surface area (Å²) in [6.45, 7) is 12.1. The van der Waals surface area contributed by atoms with Crippen LogP contribution in [0.25, 0.3) is 0 Å². The van der Waals surface area contributed by atoms with Gasteiger partial charge in [-0.2, -0.15) is 0 Å². The van der Waals surface area contributed by atoms with Crippen molar-refractivity contribution in [3.63, 3.8) is 0 Å². The Balaban J connectivity index is 2.21. The smallest absolute Gasteiger partial charge is 0.346 e. The predicted molar refractivity (Wildman–Crippen MR) is 140 cm³/mol. The van der Waals surface area contributed by atoms with Crippen LogP contribution in [0.1, 0.15) is 65.5 Å². The van der Waals surface area contributed by atoms with Crippen molar-refractivity contribution in [1.82, 2.24) is 0 Å². The number of ether oxygens (including phenoxy) is 4. The van der Waals surface area contributed by atoms with E-state index in [0.717, 1.165) is 11.1 Å². The molecule has 0 aliphatic heterocycles. The fourth-order valence-corrected chi connectivity index (χ4v) is 3.32. The van der Waals surface area contributed by atoms with E-state index < -0.39 is 23.1 Å². The molecule has 0 spiro atoms. The Labute approximate surface area is 215 Å². The Kier molecular flexibility index (Phi) is 11.3. The summed E-state index contributed by atoms with van der Waals surface area (Å²) < 4.78 is 22.9. The highest BCUT2D eigenvalue weighted by Gasteiger charge is 2.31. The molecular weight excluding hydrogens is 456 g/mol. The van der Waals surface area contributed by atoms with Gasteiger partial charge in [0.15, 0.2) is 0 Å². The number of hydrogen-bond acceptors (Lipinski definition) is 6. The first-order valence-corrected chi connectivity index (χ1v) is 12.4. The summed E-state index contributed by atoms with van der Waals surface area (Å²) in [5.41, 5.74) is 1.10. The monoisotopic (exact) mass is 496 g/mol. The maximum atomic E-state index is 13.2. The van der Waals surface area contributed by atoms with Gasteiger partial charge in [-0.05, 0) is 71.1 Å². The van der Waals surface area contributed by atoms with Crippen molar-refractivity contribution in [2.24, 2.45) is 0 Å². The predicted octanol–water partition coefficient (Wildman–Crippen LogP) is 6.18. The molecule has 36 heavy (non-hydrogen) atoms. The normalized spacial score (nSPS) is 11.6. The zero-order valence-electron chi connectivity index (χ0n) is 22.5. The van der Waals surface area contributed by atoms with Crippen molar-refractivity contribution in [2.75, 3.05) is 13.2 Å². The zero-order valence-corrected chi connectivity index (χ0v) is 22.5. The van der Waals surface area contributed by atoms with Gasteiger partial charge in [0.05, 0.1) is 26.4 Å². The Morgan fingerprint density at radius 1 is 0.611 bits per heavy atom. The maximum Gasteiger partial charge on any atom is 0.346 e. The molecule has 0 saturated heterocycles. The molecule has 0 atom stereocenters. The first-order chi connectivity index (χ1) is 16.9. The second-order valence-corrected chi connectivity index (χ2v) is 10.6. The Hall–Kier alpha value is -2.96. The number of rotatable bonds is 12. The molecule has 2 rings (SSSR count). The molecule has 0 radical (unpaired) electrons. The van der Waals surface area contributed by atoms with E-state index in [4.69, 9.17) is 18.9 Å². The molecule has 0 aromatic heterocycles. The largest absolute Gasteiger partial charge is 0.456 e. The van der Waals surface area contributed by atoms with Gasteiger partial charge in [0.25, 0.3) is 0 Å². The molecular formula is C30H40O6. The Morgan fingerprint density at radius 2 is 0.972 bits per heavy atom. The minimum Gasteiger partial charge on any atom is -0.456 e. The molecule has 6 heteroatoms. The lowest BCUT2D eigenvalue weighted by Crippen LogP contribution is -2.32. The Morgan fingerprint density at radius 3 is 1.31 bits per heavy atom.